The zero-order valence-corrected chi connectivity index (χ0v) is 14.4. The van der Waals surface area contributed by atoms with Crippen LogP contribution in [0.4, 0.5) is 18.9 Å². The van der Waals surface area contributed by atoms with Crippen molar-refractivity contribution in [3.05, 3.63) is 48.2 Å². The summed E-state index contributed by atoms with van der Waals surface area (Å²) in [6.45, 7) is 0. The van der Waals surface area contributed by atoms with Gasteiger partial charge in [0.05, 0.1) is 17.4 Å². The summed E-state index contributed by atoms with van der Waals surface area (Å²) in [6, 6.07) is 9.01. The van der Waals surface area contributed by atoms with Crippen molar-refractivity contribution in [2.45, 2.75) is 44.0 Å². The summed E-state index contributed by atoms with van der Waals surface area (Å²) in [5.41, 5.74) is 1.05. The van der Waals surface area contributed by atoms with Crippen LogP contribution < -0.4 is 5.32 Å². The van der Waals surface area contributed by atoms with Crippen LogP contribution in [-0.2, 0) is 6.18 Å². The monoisotopic (exact) mass is 376 g/mol. The molecule has 1 aliphatic rings. The number of halogens is 3. The number of rotatable bonds is 3. The Kier molecular flexibility index (Phi) is 4.51. The van der Waals surface area contributed by atoms with Gasteiger partial charge in [-0.2, -0.15) is 13.2 Å². The van der Waals surface area contributed by atoms with Gasteiger partial charge < -0.3 is 10.4 Å². The Balaban J connectivity index is 1.65. The first kappa shape index (κ1) is 17.8. The lowest BCUT2D eigenvalue weighted by Crippen LogP contribution is -2.28. The molecule has 5 nitrogen and oxygen atoms in total. The highest BCUT2D eigenvalue weighted by Crippen LogP contribution is 2.32. The van der Waals surface area contributed by atoms with Crippen LogP contribution in [0.1, 0.15) is 31.2 Å². The van der Waals surface area contributed by atoms with Gasteiger partial charge in [-0.1, -0.05) is 12.1 Å². The van der Waals surface area contributed by atoms with E-state index >= 15 is 0 Å². The van der Waals surface area contributed by atoms with Crippen molar-refractivity contribution < 1.29 is 18.3 Å². The van der Waals surface area contributed by atoms with Gasteiger partial charge in [0, 0.05) is 17.8 Å². The fourth-order valence-corrected chi connectivity index (χ4v) is 3.46. The maximum atomic E-state index is 13.0. The van der Waals surface area contributed by atoms with Gasteiger partial charge in [0.2, 0.25) is 0 Å². The standard InChI is InChI=1S/C19H19F3N4O/c20-19(21,22)13-3-1-2-12(10-13)18-25-24-17-9-6-15(11-26(17)18)23-14-4-7-16(27)8-5-14/h1-3,6,9-11,14,16,23,27H,4-5,7-8H2. The first-order chi connectivity index (χ1) is 12.9. The number of aliphatic hydroxyl groups is 1. The van der Waals surface area contributed by atoms with Crippen molar-refractivity contribution >= 4 is 11.3 Å². The lowest BCUT2D eigenvalue weighted by Gasteiger charge is -2.27. The number of nitrogens with zero attached hydrogens (tertiary/aromatic N) is 3. The molecule has 2 aromatic heterocycles. The van der Waals surface area contributed by atoms with Gasteiger partial charge in [-0.3, -0.25) is 4.40 Å². The largest absolute Gasteiger partial charge is 0.416 e. The van der Waals surface area contributed by atoms with Crippen molar-refractivity contribution in [2.24, 2.45) is 0 Å². The molecule has 3 aromatic rings. The fraction of sp³-hybridized carbons (Fsp3) is 0.368. The molecule has 0 radical (unpaired) electrons. The second-order valence-corrected chi connectivity index (χ2v) is 6.90. The van der Waals surface area contributed by atoms with Gasteiger partial charge >= 0.3 is 6.18 Å². The Morgan fingerprint density at radius 2 is 1.81 bits per heavy atom. The summed E-state index contributed by atoms with van der Waals surface area (Å²) in [5, 5.41) is 21.2. The van der Waals surface area contributed by atoms with Gasteiger partial charge in [-0.05, 0) is 49.9 Å². The summed E-state index contributed by atoms with van der Waals surface area (Å²) in [6.07, 6.45) is 0.453. The Morgan fingerprint density at radius 3 is 2.56 bits per heavy atom. The molecule has 1 saturated carbocycles. The first-order valence-corrected chi connectivity index (χ1v) is 8.87. The zero-order chi connectivity index (χ0) is 19.0. The number of hydrogen-bond acceptors (Lipinski definition) is 4. The van der Waals surface area contributed by atoms with E-state index in [-0.39, 0.29) is 12.1 Å². The summed E-state index contributed by atoms with van der Waals surface area (Å²) < 4.78 is 40.7. The molecule has 1 aromatic carbocycles. The molecule has 8 heteroatoms. The average molecular weight is 376 g/mol. The highest BCUT2D eigenvalue weighted by atomic mass is 19.4. The predicted octanol–water partition coefficient (Wildman–Crippen LogP) is 4.13. The molecule has 0 bridgehead atoms. The van der Waals surface area contributed by atoms with Crippen LogP contribution in [-0.4, -0.2) is 31.9 Å². The Bertz CT molecular complexity index is 946. The smallest absolute Gasteiger partial charge is 0.393 e. The molecule has 0 unspecified atom stereocenters. The SMILES string of the molecule is OC1CCC(Nc2ccc3nnc(-c4cccc(C(F)(F)F)c4)n3c2)CC1. The molecule has 27 heavy (non-hydrogen) atoms. The first-order valence-electron chi connectivity index (χ1n) is 8.87. The molecular formula is C19H19F3N4O. The van der Waals surface area contributed by atoms with Crippen molar-refractivity contribution in [3.8, 4) is 11.4 Å². The van der Waals surface area contributed by atoms with Crippen molar-refractivity contribution in [2.75, 3.05) is 5.32 Å². The van der Waals surface area contributed by atoms with E-state index in [4.69, 9.17) is 0 Å². The maximum absolute atomic E-state index is 13.0. The molecular weight excluding hydrogens is 357 g/mol. The van der Waals surface area contributed by atoms with Gasteiger partial charge in [-0.25, -0.2) is 0 Å². The lowest BCUT2D eigenvalue weighted by molar-refractivity contribution is -0.137. The molecule has 1 fully saturated rings. The summed E-state index contributed by atoms with van der Waals surface area (Å²) in [4.78, 5) is 0. The molecule has 0 aliphatic heterocycles. The fourth-order valence-electron chi connectivity index (χ4n) is 3.46. The lowest BCUT2D eigenvalue weighted by atomic mass is 9.93. The number of alkyl halides is 3. The number of pyridine rings is 1. The predicted molar refractivity (Wildman–Crippen MR) is 95.3 cm³/mol. The van der Waals surface area contributed by atoms with Crippen LogP contribution in [0.2, 0.25) is 0 Å². The average Bonchev–Trinajstić information content (AvgIpc) is 3.06. The third-order valence-electron chi connectivity index (χ3n) is 4.92. The molecule has 2 heterocycles. The molecule has 4 rings (SSSR count). The number of anilines is 1. The Hall–Kier alpha value is -2.61. The van der Waals surface area contributed by atoms with E-state index in [0.717, 1.165) is 43.5 Å². The number of fused-ring (bicyclic) bond motifs is 1. The van der Waals surface area contributed by atoms with Gasteiger partial charge in [-0.15, -0.1) is 10.2 Å². The topological polar surface area (TPSA) is 62.5 Å². The van der Waals surface area contributed by atoms with Gasteiger partial charge in [0.15, 0.2) is 11.5 Å². The van der Waals surface area contributed by atoms with E-state index in [2.05, 4.69) is 15.5 Å². The number of hydrogen-bond donors (Lipinski definition) is 2. The molecule has 0 amide bonds. The van der Waals surface area contributed by atoms with Gasteiger partial charge in [0.1, 0.15) is 0 Å². The molecule has 0 atom stereocenters. The summed E-state index contributed by atoms with van der Waals surface area (Å²) >= 11 is 0. The minimum absolute atomic E-state index is 0.226. The number of aromatic nitrogens is 3. The van der Waals surface area contributed by atoms with Crippen LogP contribution in [0.15, 0.2) is 42.6 Å². The molecule has 1 aliphatic carbocycles. The zero-order valence-electron chi connectivity index (χ0n) is 14.4. The highest BCUT2D eigenvalue weighted by molar-refractivity contribution is 5.62. The Morgan fingerprint density at radius 1 is 1.04 bits per heavy atom. The van der Waals surface area contributed by atoms with Crippen molar-refractivity contribution in [1.29, 1.82) is 0 Å². The molecule has 0 spiro atoms. The number of nitrogens with one attached hydrogen (secondary N) is 1. The van der Waals surface area contributed by atoms with Gasteiger partial charge in [0.25, 0.3) is 0 Å². The minimum Gasteiger partial charge on any atom is -0.393 e. The second-order valence-electron chi connectivity index (χ2n) is 6.90. The maximum Gasteiger partial charge on any atom is 0.416 e. The molecule has 0 saturated heterocycles. The summed E-state index contributed by atoms with van der Waals surface area (Å²) in [5.74, 6) is 0.360. The highest BCUT2D eigenvalue weighted by Gasteiger charge is 2.30. The quantitative estimate of drug-likeness (QED) is 0.722. The van der Waals surface area contributed by atoms with E-state index in [1.54, 1.807) is 22.7 Å². The normalized spacial score (nSPS) is 20.7. The van der Waals surface area contributed by atoms with E-state index in [9.17, 15) is 18.3 Å². The van der Waals surface area contributed by atoms with Crippen LogP contribution >= 0.6 is 0 Å². The molecule has 2 N–H and O–H groups in total. The van der Waals surface area contributed by atoms with Crippen LogP contribution in [0.25, 0.3) is 17.0 Å². The third kappa shape index (κ3) is 3.75. The Labute approximate surface area is 153 Å². The van der Waals surface area contributed by atoms with Crippen LogP contribution in [0, 0.1) is 0 Å². The van der Waals surface area contributed by atoms with Crippen LogP contribution in [0.5, 0.6) is 0 Å². The van der Waals surface area contributed by atoms with Crippen molar-refractivity contribution in [3.63, 3.8) is 0 Å². The second kappa shape index (κ2) is 6.84. The van der Waals surface area contributed by atoms with E-state index in [1.165, 1.54) is 6.07 Å². The van der Waals surface area contributed by atoms with Crippen molar-refractivity contribution in [1.82, 2.24) is 14.6 Å². The number of aliphatic hydroxyl groups excluding tert-OH is 1. The van der Waals surface area contributed by atoms with Crippen LogP contribution in [0.3, 0.4) is 0 Å². The van der Waals surface area contributed by atoms with E-state index in [1.807, 2.05) is 6.07 Å². The minimum atomic E-state index is -4.41. The number of benzene rings is 1. The third-order valence-corrected chi connectivity index (χ3v) is 4.92. The molecule has 142 valence electrons. The van der Waals surface area contributed by atoms with E-state index < -0.39 is 11.7 Å². The summed E-state index contributed by atoms with van der Waals surface area (Å²) in [7, 11) is 0. The van der Waals surface area contributed by atoms with E-state index in [0.29, 0.717) is 17.0 Å².